The molecule has 0 radical (unpaired) electrons. The zero-order chi connectivity index (χ0) is 32.8. The van der Waals surface area contributed by atoms with Crippen molar-refractivity contribution in [1.82, 2.24) is 14.9 Å². The third-order valence-electron chi connectivity index (χ3n) is 8.61. The highest BCUT2D eigenvalue weighted by molar-refractivity contribution is 7.90. The molecule has 0 aliphatic carbocycles. The molecule has 11 nitrogen and oxygen atoms in total. The first-order chi connectivity index (χ1) is 22.8. The molecule has 0 bridgehead atoms. The lowest BCUT2D eigenvalue weighted by Crippen LogP contribution is -2.46. The number of piperidine rings is 1. The Kier molecular flexibility index (Phi) is 9.81. The Morgan fingerprint density at radius 2 is 1.57 bits per heavy atom. The molecule has 2 aliphatic heterocycles. The van der Waals surface area contributed by atoms with Crippen molar-refractivity contribution < 1.29 is 22.9 Å². The summed E-state index contributed by atoms with van der Waals surface area (Å²) in [6.07, 6.45) is 1.17. The molecule has 4 aromatic rings. The van der Waals surface area contributed by atoms with E-state index in [1.165, 1.54) is 28.8 Å². The standard InChI is InChI=1S/C35H37N5O6S/c41-35(37-47(44,45)31-14-15-34(33(24-31)40(42)43)46-30-16-18-36-19-17-30)27-10-12-29(13-11-27)39-22-20-38(21-23-39)25-28-8-4-5-9-32(28)26-6-2-1-3-7-26/h1-15,24,30,36H,16-23,25H2,(H,37,41). The molecule has 12 heteroatoms. The van der Waals surface area contributed by atoms with Crippen LogP contribution in [0.15, 0.2) is 102 Å². The summed E-state index contributed by atoms with van der Waals surface area (Å²) < 4.78 is 34.0. The van der Waals surface area contributed by atoms with Crippen LogP contribution >= 0.6 is 0 Å². The molecule has 2 heterocycles. The van der Waals surface area contributed by atoms with E-state index < -0.39 is 31.4 Å². The lowest BCUT2D eigenvalue weighted by molar-refractivity contribution is -0.386. The molecule has 0 unspecified atom stereocenters. The average molecular weight is 656 g/mol. The summed E-state index contributed by atoms with van der Waals surface area (Å²) in [4.78, 5) is 28.3. The summed E-state index contributed by atoms with van der Waals surface area (Å²) in [6, 6.07) is 29.1. The van der Waals surface area contributed by atoms with Gasteiger partial charge in [-0.3, -0.25) is 19.8 Å². The Hall–Kier alpha value is -4.78. The molecule has 1 amide bonds. The van der Waals surface area contributed by atoms with Gasteiger partial charge in [0, 0.05) is 50.0 Å². The molecule has 244 valence electrons. The molecule has 0 saturated carbocycles. The van der Waals surface area contributed by atoms with Crippen molar-refractivity contribution in [2.24, 2.45) is 0 Å². The highest BCUT2D eigenvalue weighted by atomic mass is 32.2. The molecular formula is C35H37N5O6S. The predicted molar refractivity (Wildman–Crippen MR) is 180 cm³/mol. The maximum atomic E-state index is 13.1. The fraction of sp³-hybridized carbons (Fsp3) is 0.286. The van der Waals surface area contributed by atoms with E-state index in [4.69, 9.17) is 4.74 Å². The van der Waals surface area contributed by atoms with Crippen LogP contribution in [0.5, 0.6) is 5.75 Å². The summed E-state index contributed by atoms with van der Waals surface area (Å²) in [5.41, 5.74) is 4.36. The van der Waals surface area contributed by atoms with Crippen LogP contribution in [0.1, 0.15) is 28.8 Å². The largest absolute Gasteiger partial charge is 0.483 e. The zero-order valence-corrected chi connectivity index (χ0v) is 26.7. The SMILES string of the molecule is O=C(NS(=O)(=O)c1ccc(OC2CCNCC2)c([N+](=O)[O-])c1)c1ccc(N2CCN(Cc3ccccc3-c3ccccc3)CC2)cc1. The number of hydrogen-bond acceptors (Lipinski definition) is 9. The maximum absolute atomic E-state index is 13.1. The molecule has 6 rings (SSSR count). The van der Waals surface area contributed by atoms with E-state index in [0.717, 1.165) is 57.6 Å². The molecule has 2 saturated heterocycles. The lowest BCUT2D eigenvalue weighted by atomic mass is 9.99. The van der Waals surface area contributed by atoms with E-state index in [1.807, 2.05) is 10.8 Å². The molecule has 4 aromatic carbocycles. The first-order valence-electron chi connectivity index (χ1n) is 15.7. The molecule has 2 fully saturated rings. The van der Waals surface area contributed by atoms with Gasteiger partial charge < -0.3 is 15.0 Å². The number of piperazine rings is 1. The first-order valence-corrected chi connectivity index (χ1v) is 17.2. The number of amides is 1. The number of carbonyl (C=O) groups excluding carboxylic acids is 1. The first kappa shape index (κ1) is 32.2. The molecule has 0 aromatic heterocycles. The number of anilines is 1. The Balaban J connectivity index is 1.06. The monoisotopic (exact) mass is 655 g/mol. The second-order valence-electron chi connectivity index (χ2n) is 11.7. The summed E-state index contributed by atoms with van der Waals surface area (Å²) in [5, 5.41) is 14.9. The van der Waals surface area contributed by atoms with Crippen LogP contribution in [-0.4, -0.2) is 69.5 Å². The van der Waals surface area contributed by atoms with E-state index in [-0.39, 0.29) is 17.4 Å². The summed E-state index contributed by atoms with van der Waals surface area (Å²) >= 11 is 0. The predicted octanol–water partition coefficient (Wildman–Crippen LogP) is 4.83. The van der Waals surface area contributed by atoms with Crippen LogP contribution < -0.4 is 19.7 Å². The third-order valence-corrected chi connectivity index (χ3v) is 9.94. The highest BCUT2D eigenvalue weighted by Gasteiger charge is 2.27. The number of carbonyl (C=O) groups is 1. The van der Waals surface area contributed by atoms with Gasteiger partial charge in [0.15, 0.2) is 5.75 Å². The third kappa shape index (κ3) is 7.79. The minimum atomic E-state index is -4.38. The van der Waals surface area contributed by atoms with Crippen molar-refractivity contribution in [1.29, 1.82) is 0 Å². The fourth-order valence-corrected chi connectivity index (χ4v) is 7.02. The number of nitrogens with zero attached hydrogens (tertiary/aromatic N) is 3. The van der Waals surface area contributed by atoms with Gasteiger partial charge in [-0.05, 0) is 79.0 Å². The van der Waals surface area contributed by atoms with Crippen LogP contribution in [0.25, 0.3) is 11.1 Å². The van der Waals surface area contributed by atoms with Crippen LogP contribution in [0, 0.1) is 10.1 Å². The summed E-state index contributed by atoms with van der Waals surface area (Å²) in [6.45, 7) is 5.69. The molecule has 2 aliphatic rings. The van der Waals surface area contributed by atoms with Gasteiger partial charge in [0.05, 0.1) is 9.82 Å². The summed E-state index contributed by atoms with van der Waals surface area (Å²) in [7, 11) is -4.38. The van der Waals surface area contributed by atoms with Gasteiger partial charge in [0.2, 0.25) is 0 Å². The van der Waals surface area contributed by atoms with Crippen LogP contribution in [-0.2, 0) is 16.6 Å². The second kappa shape index (κ2) is 14.3. The molecule has 0 spiro atoms. The van der Waals surface area contributed by atoms with Crippen LogP contribution in [0.4, 0.5) is 11.4 Å². The van der Waals surface area contributed by atoms with E-state index >= 15 is 0 Å². The van der Waals surface area contributed by atoms with Crippen molar-refractivity contribution in [3.05, 3.63) is 118 Å². The van der Waals surface area contributed by atoms with Gasteiger partial charge in [-0.25, -0.2) is 13.1 Å². The number of nitrogens with one attached hydrogen (secondary N) is 2. The van der Waals surface area contributed by atoms with E-state index in [0.29, 0.717) is 12.8 Å². The number of benzene rings is 4. The number of ether oxygens (including phenoxy) is 1. The van der Waals surface area contributed by atoms with Crippen molar-refractivity contribution in [3.8, 4) is 16.9 Å². The topological polar surface area (TPSA) is 134 Å². The van der Waals surface area contributed by atoms with Gasteiger partial charge in [-0.1, -0.05) is 54.6 Å². The fourth-order valence-electron chi connectivity index (χ4n) is 6.03. The Labute approximate surface area is 274 Å². The van der Waals surface area contributed by atoms with Gasteiger partial charge in [0.25, 0.3) is 15.9 Å². The highest BCUT2D eigenvalue weighted by Crippen LogP contribution is 2.32. The quantitative estimate of drug-likeness (QED) is 0.182. The van der Waals surface area contributed by atoms with Crippen molar-refractivity contribution in [2.75, 3.05) is 44.2 Å². The minimum absolute atomic E-state index is 0.000555. The molecule has 2 N–H and O–H groups in total. The minimum Gasteiger partial charge on any atom is -0.483 e. The number of sulfonamides is 1. The van der Waals surface area contributed by atoms with E-state index in [9.17, 15) is 23.3 Å². The van der Waals surface area contributed by atoms with E-state index in [2.05, 4.69) is 63.6 Å². The Morgan fingerprint density at radius 3 is 2.28 bits per heavy atom. The van der Waals surface area contributed by atoms with Gasteiger partial charge >= 0.3 is 5.69 Å². The second-order valence-corrected chi connectivity index (χ2v) is 13.4. The maximum Gasteiger partial charge on any atom is 0.312 e. The smallest absolute Gasteiger partial charge is 0.312 e. The number of nitro groups is 1. The number of nitro benzene ring substituents is 1. The van der Waals surface area contributed by atoms with Crippen LogP contribution in [0.2, 0.25) is 0 Å². The van der Waals surface area contributed by atoms with Gasteiger partial charge in [-0.15, -0.1) is 0 Å². The number of hydrogen-bond donors (Lipinski definition) is 2. The zero-order valence-electron chi connectivity index (χ0n) is 25.9. The average Bonchev–Trinajstić information content (AvgIpc) is 3.09. The normalized spacial score (nSPS) is 16.0. The molecule has 0 atom stereocenters. The summed E-state index contributed by atoms with van der Waals surface area (Å²) in [5.74, 6) is -0.822. The van der Waals surface area contributed by atoms with Gasteiger partial charge in [-0.2, -0.15) is 0 Å². The Morgan fingerprint density at radius 1 is 0.894 bits per heavy atom. The van der Waals surface area contributed by atoms with Crippen molar-refractivity contribution in [2.45, 2.75) is 30.4 Å². The van der Waals surface area contributed by atoms with Crippen molar-refractivity contribution in [3.63, 3.8) is 0 Å². The van der Waals surface area contributed by atoms with Gasteiger partial charge in [0.1, 0.15) is 6.10 Å². The van der Waals surface area contributed by atoms with Crippen LogP contribution in [0.3, 0.4) is 0 Å². The van der Waals surface area contributed by atoms with E-state index in [1.54, 1.807) is 24.3 Å². The molecule has 47 heavy (non-hydrogen) atoms. The van der Waals surface area contributed by atoms with Crippen molar-refractivity contribution >= 4 is 27.3 Å². The lowest BCUT2D eigenvalue weighted by Gasteiger charge is -2.36. The Bertz CT molecular complexity index is 1820. The molecular weight excluding hydrogens is 618 g/mol. The number of rotatable bonds is 10.